The third-order valence-electron chi connectivity index (χ3n) is 4.09. The van der Waals surface area contributed by atoms with Crippen LogP contribution in [0.4, 0.5) is 5.13 Å². The van der Waals surface area contributed by atoms with E-state index in [1.54, 1.807) is 0 Å². The van der Waals surface area contributed by atoms with Crippen molar-refractivity contribution in [3.05, 3.63) is 35.9 Å². The Bertz CT molecular complexity index is 562. The van der Waals surface area contributed by atoms with E-state index in [1.165, 1.54) is 17.1 Å². The van der Waals surface area contributed by atoms with Crippen molar-refractivity contribution in [2.45, 2.75) is 26.3 Å². The Morgan fingerprint density at radius 3 is 2.52 bits per heavy atom. The molecule has 2 aromatic heterocycles. The number of piperazine rings is 1. The Morgan fingerprint density at radius 1 is 1.19 bits per heavy atom. The summed E-state index contributed by atoms with van der Waals surface area (Å²) in [6, 6.07) is 4.65. The van der Waals surface area contributed by atoms with Crippen molar-refractivity contribution in [2.24, 2.45) is 0 Å². The first kappa shape index (κ1) is 14.4. The quantitative estimate of drug-likeness (QED) is 0.868. The van der Waals surface area contributed by atoms with Crippen LogP contribution in [0.1, 0.15) is 31.3 Å². The Morgan fingerprint density at radius 2 is 1.90 bits per heavy atom. The van der Waals surface area contributed by atoms with Gasteiger partial charge < -0.3 is 4.90 Å². The van der Waals surface area contributed by atoms with Crippen LogP contribution in [0, 0.1) is 0 Å². The van der Waals surface area contributed by atoms with Crippen LogP contribution in [0.2, 0.25) is 0 Å². The number of aromatic nitrogens is 3. The SMILES string of the molecule is CCc1nsc(N2CCN(C(C)c3ccncc3)CC2)n1. The van der Waals surface area contributed by atoms with Gasteiger partial charge in [0.05, 0.1) is 0 Å². The highest BCUT2D eigenvalue weighted by atomic mass is 32.1. The highest BCUT2D eigenvalue weighted by Crippen LogP contribution is 2.24. The minimum absolute atomic E-state index is 0.441. The third-order valence-corrected chi connectivity index (χ3v) is 4.91. The molecule has 6 heteroatoms. The lowest BCUT2D eigenvalue weighted by atomic mass is 10.1. The summed E-state index contributed by atoms with van der Waals surface area (Å²) in [5.74, 6) is 0.961. The van der Waals surface area contributed by atoms with Crippen LogP contribution in [0.25, 0.3) is 0 Å². The average molecular weight is 303 g/mol. The van der Waals surface area contributed by atoms with Crippen molar-refractivity contribution in [1.29, 1.82) is 0 Å². The predicted molar refractivity (Wildman–Crippen MR) is 85.7 cm³/mol. The fraction of sp³-hybridized carbons (Fsp3) is 0.533. The molecule has 0 spiro atoms. The molecule has 0 aromatic carbocycles. The van der Waals surface area contributed by atoms with Gasteiger partial charge in [-0.2, -0.15) is 4.37 Å². The van der Waals surface area contributed by atoms with Gasteiger partial charge in [0.25, 0.3) is 0 Å². The molecule has 112 valence electrons. The Balaban J connectivity index is 1.60. The zero-order valence-corrected chi connectivity index (χ0v) is 13.4. The largest absolute Gasteiger partial charge is 0.344 e. The first-order valence-corrected chi connectivity index (χ1v) is 8.26. The Hall–Kier alpha value is -1.53. The Kier molecular flexibility index (Phi) is 4.45. The van der Waals surface area contributed by atoms with E-state index in [1.807, 2.05) is 12.4 Å². The summed E-state index contributed by atoms with van der Waals surface area (Å²) in [4.78, 5) is 13.6. The fourth-order valence-corrected chi connectivity index (χ4v) is 3.47. The molecule has 1 saturated heterocycles. The van der Waals surface area contributed by atoms with Crippen molar-refractivity contribution in [3.8, 4) is 0 Å². The first-order chi connectivity index (χ1) is 10.3. The summed E-state index contributed by atoms with van der Waals surface area (Å²) < 4.78 is 4.38. The van der Waals surface area contributed by atoms with E-state index < -0.39 is 0 Å². The van der Waals surface area contributed by atoms with Crippen LogP contribution in [0.15, 0.2) is 24.5 Å². The number of hydrogen-bond acceptors (Lipinski definition) is 6. The number of aryl methyl sites for hydroxylation is 1. The van der Waals surface area contributed by atoms with E-state index in [9.17, 15) is 0 Å². The molecule has 0 radical (unpaired) electrons. The third kappa shape index (κ3) is 3.22. The zero-order valence-electron chi connectivity index (χ0n) is 12.6. The summed E-state index contributed by atoms with van der Waals surface area (Å²) in [7, 11) is 0. The standard InChI is InChI=1S/C15H21N5S/c1-3-14-17-15(21-18-14)20-10-8-19(9-11-20)12(2)13-4-6-16-7-5-13/h4-7,12H,3,8-11H2,1-2H3. The van der Waals surface area contributed by atoms with Crippen LogP contribution in [-0.2, 0) is 6.42 Å². The van der Waals surface area contributed by atoms with E-state index >= 15 is 0 Å². The minimum atomic E-state index is 0.441. The summed E-state index contributed by atoms with van der Waals surface area (Å²) in [6.45, 7) is 8.53. The van der Waals surface area contributed by atoms with Gasteiger partial charge in [-0.1, -0.05) is 6.92 Å². The molecule has 2 aromatic rings. The number of anilines is 1. The summed E-state index contributed by atoms with van der Waals surface area (Å²) in [5, 5.41) is 1.07. The highest BCUT2D eigenvalue weighted by Gasteiger charge is 2.23. The van der Waals surface area contributed by atoms with Crippen LogP contribution < -0.4 is 4.90 Å². The smallest absolute Gasteiger partial charge is 0.205 e. The monoisotopic (exact) mass is 303 g/mol. The maximum Gasteiger partial charge on any atom is 0.205 e. The molecule has 1 atom stereocenters. The topological polar surface area (TPSA) is 45.2 Å². The lowest BCUT2D eigenvalue weighted by Gasteiger charge is -2.37. The fourth-order valence-electron chi connectivity index (χ4n) is 2.67. The molecule has 1 aliphatic rings. The molecule has 1 unspecified atom stereocenters. The predicted octanol–water partition coefficient (Wildman–Crippen LogP) is 2.38. The maximum absolute atomic E-state index is 4.59. The van der Waals surface area contributed by atoms with Gasteiger partial charge in [-0.3, -0.25) is 9.88 Å². The number of pyridine rings is 1. The molecule has 5 nitrogen and oxygen atoms in total. The number of rotatable bonds is 4. The summed E-state index contributed by atoms with van der Waals surface area (Å²) in [6.07, 6.45) is 4.65. The van der Waals surface area contributed by atoms with Gasteiger partial charge in [-0.15, -0.1) is 0 Å². The first-order valence-electron chi connectivity index (χ1n) is 7.49. The molecule has 3 heterocycles. The average Bonchev–Trinajstić information content (AvgIpc) is 3.04. The zero-order chi connectivity index (χ0) is 14.7. The van der Waals surface area contributed by atoms with E-state index in [2.05, 4.69) is 50.1 Å². The van der Waals surface area contributed by atoms with Crippen LogP contribution in [-0.4, -0.2) is 45.4 Å². The van der Waals surface area contributed by atoms with Gasteiger partial charge in [0, 0.05) is 62.6 Å². The molecule has 3 rings (SSSR count). The van der Waals surface area contributed by atoms with Crippen LogP contribution >= 0.6 is 11.5 Å². The van der Waals surface area contributed by atoms with Gasteiger partial charge in [-0.25, -0.2) is 4.98 Å². The second-order valence-corrected chi connectivity index (χ2v) is 6.06. The van der Waals surface area contributed by atoms with Crippen molar-refractivity contribution in [2.75, 3.05) is 31.1 Å². The van der Waals surface area contributed by atoms with Crippen molar-refractivity contribution in [3.63, 3.8) is 0 Å². The van der Waals surface area contributed by atoms with Gasteiger partial charge in [0.1, 0.15) is 5.82 Å². The van der Waals surface area contributed by atoms with E-state index in [0.717, 1.165) is 43.6 Å². The molecule has 1 aliphatic heterocycles. The molecule has 1 fully saturated rings. The lowest BCUT2D eigenvalue weighted by Crippen LogP contribution is -2.47. The van der Waals surface area contributed by atoms with Crippen LogP contribution in [0.3, 0.4) is 0 Å². The van der Waals surface area contributed by atoms with Crippen LogP contribution in [0.5, 0.6) is 0 Å². The van der Waals surface area contributed by atoms with Crippen molar-refractivity contribution >= 4 is 16.7 Å². The number of hydrogen-bond donors (Lipinski definition) is 0. The van der Waals surface area contributed by atoms with Gasteiger partial charge >= 0.3 is 0 Å². The maximum atomic E-state index is 4.59. The highest BCUT2D eigenvalue weighted by molar-refractivity contribution is 7.09. The lowest BCUT2D eigenvalue weighted by molar-refractivity contribution is 0.198. The van der Waals surface area contributed by atoms with Gasteiger partial charge in [-0.05, 0) is 24.6 Å². The molecule has 0 saturated carbocycles. The summed E-state index contributed by atoms with van der Waals surface area (Å²) >= 11 is 1.52. The van der Waals surface area contributed by atoms with Crippen molar-refractivity contribution in [1.82, 2.24) is 19.2 Å². The summed E-state index contributed by atoms with van der Waals surface area (Å²) in [5.41, 5.74) is 1.34. The normalized spacial score (nSPS) is 17.9. The number of nitrogens with zero attached hydrogens (tertiary/aromatic N) is 5. The van der Waals surface area contributed by atoms with E-state index in [4.69, 9.17) is 0 Å². The molecule has 0 amide bonds. The van der Waals surface area contributed by atoms with E-state index in [-0.39, 0.29) is 0 Å². The minimum Gasteiger partial charge on any atom is -0.344 e. The second kappa shape index (κ2) is 6.49. The molecule has 0 N–H and O–H groups in total. The van der Waals surface area contributed by atoms with Crippen molar-refractivity contribution < 1.29 is 0 Å². The molecule has 0 aliphatic carbocycles. The van der Waals surface area contributed by atoms with Gasteiger partial charge in [0.2, 0.25) is 5.13 Å². The molecule has 21 heavy (non-hydrogen) atoms. The Labute approximate surface area is 129 Å². The molecular formula is C15H21N5S. The second-order valence-electron chi connectivity index (χ2n) is 5.33. The van der Waals surface area contributed by atoms with E-state index in [0.29, 0.717) is 6.04 Å². The van der Waals surface area contributed by atoms with Gasteiger partial charge in [0.15, 0.2) is 0 Å². The molecular weight excluding hydrogens is 282 g/mol. The molecule has 0 bridgehead atoms.